The second-order valence-corrected chi connectivity index (χ2v) is 9.65. The molecule has 0 bridgehead atoms. The molecule has 1 saturated heterocycles. The number of rotatable bonds is 6. The number of hydrogen-bond donors (Lipinski definition) is 0. The Bertz CT molecular complexity index is 1250. The van der Waals surface area contributed by atoms with Gasteiger partial charge in [0, 0.05) is 26.2 Å². The van der Waals surface area contributed by atoms with E-state index in [2.05, 4.69) is 11.0 Å². The minimum Gasteiger partial charge on any atom is -0.379 e. The summed E-state index contributed by atoms with van der Waals surface area (Å²) in [6.07, 6.45) is 0. The smallest absolute Gasteiger partial charge is 0.262 e. The van der Waals surface area contributed by atoms with Crippen LogP contribution < -0.4 is 4.90 Å². The second kappa shape index (κ2) is 9.25. The van der Waals surface area contributed by atoms with Crippen LogP contribution in [-0.2, 0) is 9.53 Å². The largest absolute Gasteiger partial charge is 0.379 e. The highest BCUT2D eigenvalue weighted by atomic mass is 32.1. The van der Waals surface area contributed by atoms with Crippen LogP contribution in [0.15, 0.2) is 36.4 Å². The maximum absolute atomic E-state index is 13.5. The molecule has 0 atom stereocenters. The van der Waals surface area contributed by atoms with Gasteiger partial charge in [0.1, 0.15) is 6.54 Å². The van der Waals surface area contributed by atoms with E-state index in [1.807, 2.05) is 19.9 Å². The number of fused-ring (bicyclic) bond motifs is 2. The lowest BCUT2D eigenvalue weighted by Gasteiger charge is -2.29. The molecule has 3 heterocycles. The number of carbonyl (C=O) groups excluding carboxylic acids is 3. The lowest BCUT2D eigenvalue weighted by Crippen LogP contribution is -2.47. The fraction of sp³-hybridized carbons (Fsp3) is 0.360. The quantitative estimate of drug-likeness (QED) is 0.507. The van der Waals surface area contributed by atoms with Crippen LogP contribution >= 0.6 is 11.3 Å². The number of benzene rings is 2. The molecule has 0 radical (unpaired) electrons. The van der Waals surface area contributed by atoms with Crippen molar-refractivity contribution in [2.45, 2.75) is 13.8 Å². The normalized spacial score (nSPS) is 16.4. The van der Waals surface area contributed by atoms with E-state index in [4.69, 9.17) is 9.72 Å². The summed E-state index contributed by atoms with van der Waals surface area (Å²) >= 11 is 1.46. The highest BCUT2D eigenvalue weighted by Gasteiger charge is 2.37. The average molecular weight is 479 g/mol. The third kappa shape index (κ3) is 4.22. The minimum atomic E-state index is -0.433. The topological polar surface area (TPSA) is 83.0 Å². The number of hydrogen-bond acceptors (Lipinski definition) is 7. The molecule has 3 aromatic rings. The highest BCUT2D eigenvalue weighted by molar-refractivity contribution is 7.22. The highest BCUT2D eigenvalue weighted by Crippen LogP contribution is 2.32. The Balaban J connectivity index is 1.42. The first kappa shape index (κ1) is 22.6. The zero-order valence-corrected chi connectivity index (χ0v) is 20.1. The molecular weight excluding hydrogens is 452 g/mol. The van der Waals surface area contributed by atoms with E-state index in [0.29, 0.717) is 42.6 Å². The van der Waals surface area contributed by atoms with Crippen LogP contribution in [0.1, 0.15) is 31.8 Å². The Kier molecular flexibility index (Phi) is 6.16. The predicted octanol–water partition coefficient (Wildman–Crippen LogP) is 2.87. The summed E-state index contributed by atoms with van der Waals surface area (Å²) in [4.78, 5) is 48.9. The maximum atomic E-state index is 13.5. The second-order valence-electron chi connectivity index (χ2n) is 8.67. The Morgan fingerprint density at radius 1 is 1.09 bits per heavy atom. The fourth-order valence-electron chi connectivity index (χ4n) is 4.48. The van der Waals surface area contributed by atoms with Crippen LogP contribution in [0.5, 0.6) is 0 Å². The standard InChI is InChI=1S/C25H26N4O4S/c1-16-13-17(2)22-20(14-16)26-25(34-22)28(8-7-27-9-11-33-12-10-27)21(30)15-29-23(31)18-5-3-4-6-19(18)24(29)32/h3-6,13-14H,7-12,15H2,1-2H3. The van der Waals surface area contributed by atoms with Crippen LogP contribution in [0.4, 0.5) is 5.13 Å². The SMILES string of the molecule is Cc1cc(C)c2sc(N(CCN3CCOCC3)C(=O)CN3C(=O)c4ccccc4C3=O)nc2c1. The molecule has 0 aliphatic carbocycles. The molecule has 0 unspecified atom stereocenters. The number of anilines is 1. The number of amides is 3. The summed E-state index contributed by atoms with van der Waals surface area (Å²) in [6.45, 7) is 7.77. The molecule has 176 valence electrons. The van der Waals surface area contributed by atoms with Crippen molar-refractivity contribution in [2.75, 3.05) is 50.8 Å². The predicted molar refractivity (Wildman–Crippen MR) is 131 cm³/mol. The third-order valence-corrected chi connectivity index (χ3v) is 7.49. The summed E-state index contributed by atoms with van der Waals surface area (Å²) in [7, 11) is 0. The maximum Gasteiger partial charge on any atom is 0.262 e. The summed E-state index contributed by atoms with van der Waals surface area (Å²) < 4.78 is 6.46. The number of carbonyl (C=O) groups is 3. The molecule has 2 aliphatic heterocycles. The molecular formula is C25H26N4O4S. The van der Waals surface area contributed by atoms with Gasteiger partial charge in [0.25, 0.3) is 11.8 Å². The van der Waals surface area contributed by atoms with Crippen LogP contribution in [0.25, 0.3) is 10.2 Å². The van der Waals surface area contributed by atoms with E-state index in [1.165, 1.54) is 11.3 Å². The van der Waals surface area contributed by atoms with E-state index in [1.54, 1.807) is 29.2 Å². The van der Waals surface area contributed by atoms with Gasteiger partial charge in [0.15, 0.2) is 5.13 Å². The first-order valence-electron chi connectivity index (χ1n) is 11.4. The van der Waals surface area contributed by atoms with E-state index in [0.717, 1.165) is 39.3 Å². The van der Waals surface area contributed by atoms with Gasteiger partial charge in [-0.05, 0) is 43.2 Å². The van der Waals surface area contributed by atoms with Crippen molar-refractivity contribution in [1.29, 1.82) is 0 Å². The molecule has 1 fully saturated rings. The van der Waals surface area contributed by atoms with Crippen molar-refractivity contribution in [3.8, 4) is 0 Å². The van der Waals surface area contributed by atoms with Crippen molar-refractivity contribution in [3.05, 3.63) is 58.7 Å². The number of imide groups is 1. The molecule has 0 spiro atoms. The molecule has 2 aromatic carbocycles. The van der Waals surface area contributed by atoms with Gasteiger partial charge in [0.2, 0.25) is 5.91 Å². The van der Waals surface area contributed by atoms with Crippen molar-refractivity contribution >= 4 is 44.4 Å². The number of aromatic nitrogens is 1. The van der Waals surface area contributed by atoms with Crippen LogP contribution in [-0.4, -0.2) is 78.4 Å². The first-order chi connectivity index (χ1) is 16.4. The van der Waals surface area contributed by atoms with E-state index < -0.39 is 11.8 Å². The molecule has 3 amide bonds. The van der Waals surface area contributed by atoms with Crippen molar-refractivity contribution in [1.82, 2.24) is 14.8 Å². The van der Waals surface area contributed by atoms with Gasteiger partial charge in [-0.2, -0.15) is 0 Å². The van der Waals surface area contributed by atoms with Gasteiger partial charge >= 0.3 is 0 Å². The van der Waals surface area contributed by atoms with Crippen LogP contribution in [0.3, 0.4) is 0 Å². The molecule has 34 heavy (non-hydrogen) atoms. The lowest BCUT2D eigenvalue weighted by atomic mass is 10.1. The van der Waals surface area contributed by atoms with Crippen LogP contribution in [0, 0.1) is 13.8 Å². The summed E-state index contributed by atoms with van der Waals surface area (Å²) in [5.74, 6) is -1.19. The summed E-state index contributed by atoms with van der Waals surface area (Å²) in [6, 6.07) is 10.8. The molecule has 2 aliphatic rings. The zero-order chi connectivity index (χ0) is 23.8. The zero-order valence-electron chi connectivity index (χ0n) is 19.2. The molecule has 9 heteroatoms. The van der Waals surface area contributed by atoms with Crippen LogP contribution in [0.2, 0.25) is 0 Å². The van der Waals surface area contributed by atoms with Crippen molar-refractivity contribution in [3.63, 3.8) is 0 Å². The number of aryl methyl sites for hydroxylation is 2. The van der Waals surface area contributed by atoms with Crippen molar-refractivity contribution < 1.29 is 19.1 Å². The van der Waals surface area contributed by atoms with Gasteiger partial charge in [-0.3, -0.25) is 29.1 Å². The van der Waals surface area contributed by atoms with Gasteiger partial charge < -0.3 is 4.74 Å². The van der Waals surface area contributed by atoms with Gasteiger partial charge in [-0.15, -0.1) is 0 Å². The fourth-order valence-corrected chi connectivity index (χ4v) is 5.54. The molecule has 5 rings (SSSR count). The Morgan fingerprint density at radius 2 is 1.76 bits per heavy atom. The Hall–Kier alpha value is -3.14. The Labute approximate surface area is 201 Å². The third-order valence-electron chi connectivity index (χ3n) is 6.26. The Morgan fingerprint density at radius 3 is 2.44 bits per heavy atom. The number of nitrogens with zero attached hydrogens (tertiary/aromatic N) is 4. The summed E-state index contributed by atoms with van der Waals surface area (Å²) in [5, 5.41) is 0.582. The van der Waals surface area contributed by atoms with Gasteiger partial charge in [-0.1, -0.05) is 29.5 Å². The molecule has 0 saturated carbocycles. The number of thiazole rings is 1. The molecule has 1 aromatic heterocycles. The number of morpholine rings is 1. The van der Waals surface area contributed by atoms with Crippen molar-refractivity contribution in [2.24, 2.45) is 0 Å². The summed E-state index contributed by atoms with van der Waals surface area (Å²) in [5.41, 5.74) is 3.75. The van der Waals surface area contributed by atoms with Gasteiger partial charge in [0.05, 0.1) is 34.6 Å². The van der Waals surface area contributed by atoms with E-state index >= 15 is 0 Å². The first-order valence-corrected chi connectivity index (χ1v) is 12.2. The average Bonchev–Trinajstić information content (AvgIpc) is 3.35. The number of ether oxygens (including phenoxy) is 1. The molecule has 8 nitrogen and oxygen atoms in total. The van der Waals surface area contributed by atoms with Gasteiger partial charge in [-0.25, -0.2) is 4.98 Å². The minimum absolute atomic E-state index is 0.316. The monoisotopic (exact) mass is 478 g/mol. The van der Waals surface area contributed by atoms with E-state index in [9.17, 15) is 14.4 Å². The lowest BCUT2D eigenvalue weighted by molar-refractivity contribution is -0.119. The molecule has 0 N–H and O–H groups in total. The van der Waals surface area contributed by atoms with E-state index in [-0.39, 0.29) is 12.5 Å².